The van der Waals surface area contributed by atoms with E-state index in [-0.39, 0.29) is 0 Å². The molecule has 2 N–H and O–H groups in total. The van der Waals surface area contributed by atoms with Crippen molar-refractivity contribution in [2.24, 2.45) is 0 Å². The van der Waals surface area contributed by atoms with Crippen molar-refractivity contribution in [3.05, 3.63) is 53.6 Å². The summed E-state index contributed by atoms with van der Waals surface area (Å²) in [4.78, 5) is 0. The zero-order valence-electron chi connectivity index (χ0n) is 11.3. The number of ether oxygens (including phenoxy) is 2. The van der Waals surface area contributed by atoms with Gasteiger partial charge < -0.3 is 15.2 Å². The van der Waals surface area contributed by atoms with Gasteiger partial charge in [-0.3, -0.25) is 0 Å². The molecule has 0 aliphatic rings. The zero-order valence-corrected chi connectivity index (χ0v) is 11.3. The molecule has 0 aliphatic carbocycles. The van der Waals surface area contributed by atoms with Crippen LogP contribution in [-0.2, 0) is 6.61 Å². The molecule has 0 radical (unpaired) electrons. The third-order valence-electron chi connectivity index (χ3n) is 2.86. The van der Waals surface area contributed by atoms with Gasteiger partial charge in [0.25, 0.3) is 0 Å². The third kappa shape index (κ3) is 3.41. The molecule has 0 saturated heterocycles. The van der Waals surface area contributed by atoms with E-state index in [0.29, 0.717) is 18.9 Å². The summed E-state index contributed by atoms with van der Waals surface area (Å²) in [5.74, 6) is 1.71. The van der Waals surface area contributed by atoms with Gasteiger partial charge in [0.1, 0.15) is 18.1 Å². The van der Waals surface area contributed by atoms with Gasteiger partial charge in [0, 0.05) is 11.3 Å². The fourth-order valence-electron chi connectivity index (χ4n) is 1.88. The van der Waals surface area contributed by atoms with Gasteiger partial charge in [0.2, 0.25) is 0 Å². The van der Waals surface area contributed by atoms with Crippen LogP contribution in [0.25, 0.3) is 0 Å². The smallest absolute Gasteiger partial charge is 0.126 e. The molecule has 2 rings (SSSR count). The number of rotatable bonds is 5. The van der Waals surface area contributed by atoms with Crippen molar-refractivity contribution in [1.29, 1.82) is 0 Å². The highest BCUT2D eigenvalue weighted by atomic mass is 16.5. The van der Waals surface area contributed by atoms with E-state index in [4.69, 9.17) is 15.2 Å². The van der Waals surface area contributed by atoms with Crippen LogP contribution in [0.2, 0.25) is 0 Å². The van der Waals surface area contributed by atoms with Crippen LogP contribution in [0.4, 0.5) is 5.69 Å². The Labute approximate surface area is 114 Å². The second-order valence-corrected chi connectivity index (χ2v) is 4.35. The van der Waals surface area contributed by atoms with E-state index in [0.717, 1.165) is 22.6 Å². The second-order valence-electron chi connectivity index (χ2n) is 4.35. The molecule has 0 saturated carbocycles. The molecule has 2 aromatic rings. The van der Waals surface area contributed by atoms with Crippen molar-refractivity contribution in [2.75, 3.05) is 12.3 Å². The number of nitrogens with two attached hydrogens (primary N) is 1. The van der Waals surface area contributed by atoms with E-state index in [1.807, 2.05) is 56.3 Å². The van der Waals surface area contributed by atoms with Crippen LogP contribution >= 0.6 is 0 Å². The molecule has 0 aromatic heterocycles. The lowest BCUT2D eigenvalue weighted by Gasteiger charge is -2.13. The van der Waals surface area contributed by atoms with E-state index in [1.54, 1.807) is 0 Å². The first-order valence-corrected chi connectivity index (χ1v) is 6.40. The number of hydrogen-bond acceptors (Lipinski definition) is 3. The van der Waals surface area contributed by atoms with Crippen LogP contribution in [0.15, 0.2) is 42.5 Å². The largest absolute Gasteiger partial charge is 0.493 e. The Bertz CT molecular complexity index is 552. The molecule has 3 nitrogen and oxygen atoms in total. The molecule has 0 fully saturated rings. The maximum Gasteiger partial charge on any atom is 0.126 e. The topological polar surface area (TPSA) is 44.5 Å². The molecule has 0 heterocycles. The minimum atomic E-state index is 0.450. The first-order chi connectivity index (χ1) is 9.20. The lowest BCUT2D eigenvalue weighted by Crippen LogP contribution is -2.02. The van der Waals surface area contributed by atoms with Crippen LogP contribution in [0.1, 0.15) is 18.1 Å². The van der Waals surface area contributed by atoms with Crippen LogP contribution in [-0.4, -0.2) is 6.61 Å². The summed E-state index contributed by atoms with van der Waals surface area (Å²) in [5.41, 5.74) is 8.60. The summed E-state index contributed by atoms with van der Waals surface area (Å²) < 4.78 is 11.4. The monoisotopic (exact) mass is 257 g/mol. The van der Waals surface area contributed by atoms with Crippen LogP contribution < -0.4 is 15.2 Å². The fraction of sp³-hybridized carbons (Fsp3) is 0.250. The van der Waals surface area contributed by atoms with E-state index in [1.165, 1.54) is 0 Å². The maximum absolute atomic E-state index is 5.83. The van der Waals surface area contributed by atoms with E-state index in [2.05, 4.69) is 0 Å². The minimum absolute atomic E-state index is 0.450. The molecule has 0 bridgehead atoms. The second kappa shape index (κ2) is 6.14. The van der Waals surface area contributed by atoms with Gasteiger partial charge in [-0.1, -0.05) is 18.2 Å². The van der Waals surface area contributed by atoms with Crippen molar-refractivity contribution in [2.45, 2.75) is 20.5 Å². The van der Waals surface area contributed by atoms with Crippen molar-refractivity contribution in [3.8, 4) is 11.5 Å². The molecule has 100 valence electrons. The number of aryl methyl sites for hydroxylation is 1. The molecule has 0 atom stereocenters. The minimum Gasteiger partial charge on any atom is -0.493 e. The summed E-state index contributed by atoms with van der Waals surface area (Å²) in [6, 6.07) is 13.6. The van der Waals surface area contributed by atoms with E-state index < -0.39 is 0 Å². The number of para-hydroxylation sites is 1. The van der Waals surface area contributed by atoms with Crippen LogP contribution in [0, 0.1) is 6.92 Å². The molecule has 0 amide bonds. The average molecular weight is 257 g/mol. The summed E-state index contributed by atoms with van der Waals surface area (Å²) in [5, 5.41) is 0. The summed E-state index contributed by atoms with van der Waals surface area (Å²) in [6.07, 6.45) is 0. The van der Waals surface area contributed by atoms with Crippen molar-refractivity contribution in [3.63, 3.8) is 0 Å². The van der Waals surface area contributed by atoms with Crippen molar-refractivity contribution >= 4 is 5.69 Å². The van der Waals surface area contributed by atoms with E-state index >= 15 is 0 Å². The lowest BCUT2D eigenvalue weighted by atomic mass is 10.2. The van der Waals surface area contributed by atoms with Gasteiger partial charge in [0.15, 0.2) is 0 Å². The average Bonchev–Trinajstić information content (AvgIpc) is 2.41. The van der Waals surface area contributed by atoms with Gasteiger partial charge in [-0.15, -0.1) is 0 Å². The van der Waals surface area contributed by atoms with Crippen molar-refractivity contribution in [1.82, 2.24) is 0 Å². The molecule has 0 spiro atoms. The highest BCUT2D eigenvalue weighted by Crippen LogP contribution is 2.24. The first kappa shape index (κ1) is 13.3. The Morgan fingerprint density at radius 3 is 2.53 bits per heavy atom. The molecule has 19 heavy (non-hydrogen) atoms. The molecule has 2 aromatic carbocycles. The molecular formula is C16H19NO2. The van der Waals surface area contributed by atoms with Crippen LogP contribution in [0.3, 0.4) is 0 Å². The molecule has 3 heteroatoms. The quantitative estimate of drug-likeness (QED) is 0.833. The summed E-state index contributed by atoms with van der Waals surface area (Å²) >= 11 is 0. The van der Waals surface area contributed by atoms with Crippen LogP contribution in [0.5, 0.6) is 11.5 Å². The number of benzene rings is 2. The number of anilines is 1. The number of hydrogen-bond donors (Lipinski definition) is 1. The fourth-order valence-corrected chi connectivity index (χ4v) is 1.88. The van der Waals surface area contributed by atoms with Gasteiger partial charge >= 0.3 is 0 Å². The first-order valence-electron chi connectivity index (χ1n) is 6.40. The third-order valence-corrected chi connectivity index (χ3v) is 2.86. The molecule has 0 aliphatic heterocycles. The van der Waals surface area contributed by atoms with Gasteiger partial charge in [-0.2, -0.15) is 0 Å². The zero-order chi connectivity index (χ0) is 13.7. The molecular weight excluding hydrogens is 238 g/mol. The van der Waals surface area contributed by atoms with Gasteiger partial charge in [-0.25, -0.2) is 0 Å². The number of nitrogen functional groups attached to an aromatic ring is 1. The maximum atomic E-state index is 5.83. The molecule has 0 unspecified atom stereocenters. The highest BCUT2D eigenvalue weighted by molar-refractivity contribution is 5.48. The summed E-state index contributed by atoms with van der Waals surface area (Å²) in [6.45, 7) is 5.06. The SMILES string of the molecule is CCOc1ccc(N)cc1COc1ccccc1C. The Kier molecular flexibility index (Phi) is 4.29. The standard InChI is InChI=1S/C16H19NO2/c1-3-18-16-9-8-14(17)10-13(16)11-19-15-7-5-4-6-12(15)2/h4-10H,3,11,17H2,1-2H3. The highest BCUT2D eigenvalue weighted by Gasteiger charge is 2.06. The summed E-state index contributed by atoms with van der Waals surface area (Å²) in [7, 11) is 0. The lowest BCUT2D eigenvalue weighted by molar-refractivity contribution is 0.285. The Balaban J connectivity index is 2.14. The van der Waals surface area contributed by atoms with Gasteiger partial charge in [0.05, 0.1) is 6.61 Å². The van der Waals surface area contributed by atoms with Gasteiger partial charge in [-0.05, 0) is 43.7 Å². The Hall–Kier alpha value is -2.16. The Morgan fingerprint density at radius 2 is 1.79 bits per heavy atom. The normalized spacial score (nSPS) is 10.2. The van der Waals surface area contributed by atoms with E-state index in [9.17, 15) is 0 Å². The van der Waals surface area contributed by atoms with Crippen molar-refractivity contribution < 1.29 is 9.47 Å². The predicted molar refractivity (Wildman–Crippen MR) is 77.5 cm³/mol. The Morgan fingerprint density at radius 1 is 1.00 bits per heavy atom. The predicted octanol–water partition coefficient (Wildman–Crippen LogP) is 3.55.